The molecule has 0 saturated heterocycles. The van der Waals surface area contributed by atoms with E-state index in [1.54, 1.807) is 0 Å². The number of rotatable bonds is 7. The summed E-state index contributed by atoms with van der Waals surface area (Å²) in [5.74, 6) is 1.47. The smallest absolute Gasteiger partial charge is 0.203 e. The van der Waals surface area contributed by atoms with Crippen molar-refractivity contribution < 1.29 is 18.6 Å². The summed E-state index contributed by atoms with van der Waals surface area (Å²) in [7, 11) is 3.07. The van der Waals surface area contributed by atoms with Crippen LogP contribution < -0.4 is 19.9 Å². The van der Waals surface area contributed by atoms with Crippen molar-refractivity contribution in [2.45, 2.75) is 19.5 Å². The van der Waals surface area contributed by atoms with Gasteiger partial charge in [0.25, 0.3) is 0 Å². The zero-order valence-corrected chi connectivity index (χ0v) is 11.0. The molecule has 0 aliphatic heterocycles. The van der Waals surface area contributed by atoms with Crippen molar-refractivity contribution in [3.8, 4) is 17.2 Å². The highest BCUT2D eigenvalue weighted by molar-refractivity contribution is 5.54. The van der Waals surface area contributed by atoms with E-state index in [4.69, 9.17) is 19.9 Å². The first-order chi connectivity index (χ1) is 8.62. The molecule has 1 aromatic carbocycles. The highest BCUT2D eigenvalue weighted by Crippen LogP contribution is 2.38. The summed E-state index contributed by atoms with van der Waals surface area (Å²) in [5, 5.41) is 0. The molecule has 1 atom stereocenters. The quantitative estimate of drug-likeness (QED) is 0.811. The fourth-order valence-corrected chi connectivity index (χ4v) is 1.59. The topological polar surface area (TPSA) is 53.7 Å². The van der Waals surface area contributed by atoms with Gasteiger partial charge in [-0.25, -0.2) is 4.39 Å². The van der Waals surface area contributed by atoms with Gasteiger partial charge in [0.1, 0.15) is 12.8 Å². The van der Waals surface area contributed by atoms with E-state index < -0.39 is 6.17 Å². The van der Waals surface area contributed by atoms with Crippen LogP contribution in [0.15, 0.2) is 12.1 Å². The average Bonchev–Trinajstić information content (AvgIpc) is 2.36. The van der Waals surface area contributed by atoms with Crippen LogP contribution in [-0.4, -0.2) is 33.5 Å². The normalized spacial score (nSPS) is 12.1. The molecule has 0 spiro atoms. The molecule has 0 amide bonds. The number of methoxy groups -OCH3 is 2. The van der Waals surface area contributed by atoms with Gasteiger partial charge in [0, 0.05) is 0 Å². The summed E-state index contributed by atoms with van der Waals surface area (Å²) >= 11 is 0. The first kappa shape index (κ1) is 14.6. The second-order valence-electron chi connectivity index (χ2n) is 3.96. The van der Waals surface area contributed by atoms with Crippen molar-refractivity contribution in [1.82, 2.24) is 0 Å². The summed E-state index contributed by atoms with van der Waals surface area (Å²) in [6.07, 6.45) is -0.338. The second-order valence-corrected chi connectivity index (χ2v) is 3.96. The van der Waals surface area contributed by atoms with Gasteiger partial charge in [0.15, 0.2) is 11.5 Å². The molecular weight excluding hydrogens is 237 g/mol. The van der Waals surface area contributed by atoms with Crippen LogP contribution in [-0.2, 0) is 6.42 Å². The summed E-state index contributed by atoms with van der Waals surface area (Å²) < 4.78 is 28.7. The number of ether oxygens (including phenoxy) is 3. The van der Waals surface area contributed by atoms with E-state index in [9.17, 15) is 4.39 Å². The van der Waals surface area contributed by atoms with Crippen molar-refractivity contribution in [3.05, 3.63) is 17.7 Å². The fraction of sp³-hybridized carbons (Fsp3) is 0.538. The lowest BCUT2D eigenvalue weighted by Gasteiger charge is -2.16. The molecule has 0 bridgehead atoms. The minimum absolute atomic E-state index is 0.0387. The van der Waals surface area contributed by atoms with E-state index in [-0.39, 0.29) is 6.61 Å². The van der Waals surface area contributed by atoms with Crippen LogP contribution in [0.2, 0.25) is 0 Å². The standard InChI is InChI=1S/C13H20FNO3/c1-9(14)8-18-13-11(16-2)6-10(4-5-15)7-12(13)17-3/h6-7,9H,4-5,8,15H2,1-3H3. The third kappa shape index (κ3) is 3.77. The molecular formula is C13H20FNO3. The minimum Gasteiger partial charge on any atom is -0.493 e. The van der Waals surface area contributed by atoms with Crippen LogP contribution in [0.1, 0.15) is 12.5 Å². The summed E-state index contributed by atoms with van der Waals surface area (Å²) in [4.78, 5) is 0. The van der Waals surface area contributed by atoms with Gasteiger partial charge in [-0.3, -0.25) is 0 Å². The summed E-state index contributed by atoms with van der Waals surface area (Å²) in [6, 6.07) is 3.65. The number of hydrogen-bond acceptors (Lipinski definition) is 4. The van der Waals surface area contributed by atoms with Crippen LogP contribution in [0.3, 0.4) is 0 Å². The molecule has 0 fully saturated rings. The Kier molecular flexibility index (Phi) is 5.71. The van der Waals surface area contributed by atoms with Gasteiger partial charge < -0.3 is 19.9 Å². The lowest BCUT2D eigenvalue weighted by Crippen LogP contribution is -2.10. The Bertz CT molecular complexity index is 357. The molecule has 0 aliphatic carbocycles. The van der Waals surface area contributed by atoms with Crippen LogP contribution in [0.4, 0.5) is 4.39 Å². The Morgan fingerprint density at radius 1 is 1.22 bits per heavy atom. The van der Waals surface area contributed by atoms with Gasteiger partial charge in [0.2, 0.25) is 5.75 Å². The molecule has 0 saturated carbocycles. The lowest BCUT2D eigenvalue weighted by molar-refractivity contribution is 0.196. The second kappa shape index (κ2) is 7.06. The summed E-state index contributed by atoms with van der Waals surface area (Å²) in [5.41, 5.74) is 6.51. The molecule has 1 aromatic rings. The largest absolute Gasteiger partial charge is 0.493 e. The highest BCUT2D eigenvalue weighted by atomic mass is 19.1. The van der Waals surface area contributed by atoms with Crippen LogP contribution in [0.25, 0.3) is 0 Å². The monoisotopic (exact) mass is 257 g/mol. The minimum atomic E-state index is -1.05. The molecule has 0 radical (unpaired) electrons. The van der Waals surface area contributed by atoms with Gasteiger partial charge in [-0.1, -0.05) is 0 Å². The Labute approximate surface area is 107 Å². The molecule has 1 rings (SSSR count). The Hall–Kier alpha value is -1.49. The van der Waals surface area contributed by atoms with Crippen LogP contribution in [0.5, 0.6) is 17.2 Å². The van der Waals surface area contributed by atoms with Gasteiger partial charge in [0.05, 0.1) is 14.2 Å². The van der Waals surface area contributed by atoms with E-state index >= 15 is 0 Å². The predicted molar refractivity (Wildman–Crippen MR) is 68.4 cm³/mol. The molecule has 2 N–H and O–H groups in total. The average molecular weight is 257 g/mol. The van der Waals surface area contributed by atoms with E-state index in [2.05, 4.69) is 0 Å². The van der Waals surface area contributed by atoms with Gasteiger partial charge in [-0.2, -0.15) is 0 Å². The van der Waals surface area contributed by atoms with Crippen molar-refractivity contribution in [1.29, 1.82) is 0 Å². The van der Waals surface area contributed by atoms with E-state index in [0.717, 1.165) is 5.56 Å². The maximum absolute atomic E-state index is 12.8. The summed E-state index contributed by atoms with van der Waals surface area (Å²) in [6.45, 7) is 1.93. The van der Waals surface area contributed by atoms with E-state index in [1.807, 2.05) is 12.1 Å². The first-order valence-corrected chi connectivity index (χ1v) is 5.84. The zero-order valence-electron chi connectivity index (χ0n) is 11.0. The highest BCUT2D eigenvalue weighted by Gasteiger charge is 2.15. The van der Waals surface area contributed by atoms with Crippen molar-refractivity contribution in [3.63, 3.8) is 0 Å². The third-order valence-corrected chi connectivity index (χ3v) is 2.41. The lowest BCUT2D eigenvalue weighted by atomic mass is 10.1. The Morgan fingerprint density at radius 3 is 2.17 bits per heavy atom. The third-order valence-electron chi connectivity index (χ3n) is 2.41. The molecule has 4 nitrogen and oxygen atoms in total. The van der Waals surface area contributed by atoms with E-state index in [0.29, 0.717) is 30.2 Å². The van der Waals surface area contributed by atoms with Crippen molar-refractivity contribution >= 4 is 0 Å². The zero-order chi connectivity index (χ0) is 13.5. The Balaban J connectivity index is 3.04. The number of halogens is 1. The SMILES string of the molecule is COc1cc(CCN)cc(OC)c1OCC(C)F. The molecule has 0 aliphatic rings. The van der Waals surface area contributed by atoms with Crippen LogP contribution >= 0.6 is 0 Å². The molecule has 1 unspecified atom stereocenters. The van der Waals surface area contributed by atoms with Gasteiger partial charge >= 0.3 is 0 Å². The molecule has 102 valence electrons. The van der Waals surface area contributed by atoms with Crippen molar-refractivity contribution in [2.75, 3.05) is 27.4 Å². The predicted octanol–water partition coefficient (Wildman–Crippen LogP) is 1.94. The van der Waals surface area contributed by atoms with Gasteiger partial charge in [-0.05, 0) is 37.6 Å². The number of alkyl halides is 1. The molecule has 18 heavy (non-hydrogen) atoms. The first-order valence-electron chi connectivity index (χ1n) is 5.84. The maximum atomic E-state index is 12.8. The van der Waals surface area contributed by atoms with Crippen molar-refractivity contribution in [2.24, 2.45) is 5.73 Å². The molecule has 0 heterocycles. The Morgan fingerprint density at radius 2 is 1.78 bits per heavy atom. The van der Waals surface area contributed by atoms with E-state index in [1.165, 1.54) is 21.1 Å². The number of hydrogen-bond donors (Lipinski definition) is 1. The van der Waals surface area contributed by atoms with Crippen LogP contribution in [0, 0.1) is 0 Å². The molecule has 0 aromatic heterocycles. The van der Waals surface area contributed by atoms with Gasteiger partial charge in [-0.15, -0.1) is 0 Å². The maximum Gasteiger partial charge on any atom is 0.203 e. The fourth-order valence-electron chi connectivity index (χ4n) is 1.59. The number of benzene rings is 1. The number of nitrogens with two attached hydrogens (primary N) is 1. The molecule has 5 heteroatoms.